The maximum absolute atomic E-state index is 9.49. The highest BCUT2D eigenvalue weighted by atomic mass is 16.4. The quantitative estimate of drug-likeness (QED) is 0.365. The van der Waals surface area contributed by atoms with Gasteiger partial charge in [0.2, 0.25) is 0 Å². The Morgan fingerprint density at radius 3 is 2.46 bits per heavy atom. The predicted octanol–water partition coefficient (Wildman–Crippen LogP) is 3.83. The summed E-state index contributed by atoms with van der Waals surface area (Å²) in [6, 6.07) is 17.7. The maximum Gasteiger partial charge on any atom is 0.157 e. The number of hydrogen-bond acceptors (Lipinski definition) is 4. The zero-order chi connectivity index (χ0) is 16.1. The second kappa shape index (κ2) is 4.76. The van der Waals surface area contributed by atoms with Gasteiger partial charge in [-0.25, -0.2) is 9.97 Å². The molecule has 0 saturated carbocycles. The fraction of sp³-hybridized carbons (Fsp3) is 0. The summed E-state index contributed by atoms with van der Waals surface area (Å²) in [5.41, 5.74) is 7.05. The van der Waals surface area contributed by atoms with Crippen molar-refractivity contribution in [2.45, 2.75) is 0 Å². The van der Waals surface area contributed by atoms with Gasteiger partial charge in [-0.15, -0.1) is 0 Å². The molecular weight excluding hydrogens is 300 g/mol. The molecule has 2 heterocycles. The van der Waals surface area contributed by atoms with Crippen LogP contribution in [0.4, 0.5) is 0 Å². The minimum Gasteiger partial charge on any atom is -0.410 e. The molecule has 1 aliphatic carbocycles. The molecule has 1 aliphatic rings. The second-order valence-electron chi connectivity index (χ2n) is 5.68. The lowest BCUT2D eigenvalue weighted by Crippen LogP contribution is -1.97. The van der Waals surface area contributed by atoms with Crippen LogP contribution >= 0.6 is 0 Å². The van der Waals surface area contributed by atoms with Gasteiger partial charge in [0.15, 0.2) is 5.65 Å². The van der Waals surface area contributed by atoms with Gasteiger partial charge in [-0.2, -0.15) is 0 Å². The number of imidazole rings is 1. The zero-order valence-electron chi connectivity index (χ0n) is 12.6. The van der Waals surface area contributed by atoms with Crippen LogP contribution in [0.2, 0.25) is 0 Å². The number of pyridine rings is 1. The Kier molecular flexibility index (Phi) is 2.58. The summed E-state index contributed by atoms with van der Waals surface area (Å²) >= 11 is 0. The van der Waals surface area contributed by atoms with E-state index < -0.39 is 0 Å². The first kappa shape index (κ1) is 13.0. The fourth-order valence-electron chi connectivity index (χ4n) is 3.37. The molecule has 114 valence electrons. The van der Waals surface area contributed by atoms with Crippen molar-refractivity contribution in [3.05, 3.63) is 71.9 Å². The van der Waals surface area contributed by atoms with Crippen molar-refractivity contribution in [1.82, 2.24) is 15.0 Å². The highest BCUT2D eigenvalue weighted by Gasteiger charge is 2.28. The Balaban J connectivity index is 1.84. The van der Waals surface area contributed by atoms with Gasteiger partial charge in [-0.1, -0.05) is 47.6 Å². The molecule has 2 aromatic heterocycles. The van der Waals surface area contributed by atoms with Crippen LogP contribution in [0.15, 0.2) is 65.9 Å². The average Bonchev–Trinajstić information content (AvgIpc) is 3.20. The first-order valence-corrected chi connectivity index (χ1v) is 7.63. The van der Waals surface area contributed by atoms with Gasteiger partial charge in [-0.3, -0.25) is 0 Å². The van der Waals surface area contributed by atoms with E-state index in [4.69, 9.17) is 0 Å². The van der Waals surface area contributed by atoms with Gasteiger partial charge >= 0.3 is 0 Å². The Bertz CT molecular complexity index is 1090. The largest absolute Gasteiger partial charge is 0.410 e. The molecule has 0 radical (unpaired) electrons. The van der Waals surface area contributed by atoms with Crippen molar-refractivity contribution in [2.75, 3.05) is 0 Å². The van der Waals surface area contributed by atoms with Crippen LogP contribution in [-0.4, -0.2) is 25.9 Å². The van der Waals surface area contributed by atoms with Gasteiger partial charge in [0.25, 0.3) is 0 Å². The topological polar surface area (TPSA) is 74.2 Å². The molecule has 0 fully saturated rings. The summed E-state index contributed by atoms with van der Waals surface area (Å²) in [7, 11) is 0. The van der Waals surface area contributed by atoms with E-state index in [1.54, 1.807) is 6.20 Å². The van der Waals surface area contributed by atoms with Crippen molar-refractivity contribution in [2.24, 2.45) is 5.16 Å². The minimum atomic E-state index is 0.594. The van der Waals surface area contributed by atoms with E-state index in [2.05, 4.69) is 20.1 Å². The lowest BCUT2D eigenvalue weighted by Gasteiger charge is -2.06. The Morgan fingerprint density at radius 1 is 0.833 bits per heavy atom. The monoisotopic (exact) mass is 312 g/mol. The molecule has 5 heteroatoms. The first-order chi connectivity index (χ1) is 11.9. The standard InChI is InChI=1S/C19H12N4O/c24-23-17-12-6-2-1-5-11(12)16-13(17)7-3-8-14(16)18-21-15-9-4-10-20-19(15)22-18/h1-10,24H,(H,20,21,22)/b23-17-. The van der Waals surface area contributed by atoms with E-state index in [0.29, 0.717) is 5.71 Å². The van der Waals surface area contributed by atoms with Crippen LogP contribution in [0.5, 0.6) is 0 Å². The van der Waals surface area contributed by atoms with Gasteiger partial charge in [0.05, 0.1) is 0 Å². The van der Waals surface area contributed by atoms with E-state index in [-0.39, 0.29) is 0 Å². The number of aromatic nitrogens is 3. The van der Waals surface area contributed by atoms with E-state index in [0.717, 1.165) is 44.8 Å². The number of nitrogens with one attached hydrogen (secondary N) is 1. The smallest absolute Gasteiger partial charge is 0.157 e. The molecule has 5 nitrogen and oxygen atoms in total. The molecule has 2 aromatic carbocycles. The van der Waals surface area contributed by atoms with Crippen LogP contribution in [0.1, 0.15) is 11.1 Å². The van der Waals surface area contributed by atoms with Crippen LogP contribution < -0.4 is 0 Å². The molecule has 0 spiro atoms. The summed E-state index contributed by atoms with van der Waals surface area (Å²) in [5, 5.41) is 13.0. The summed E-state index contributed by atoms with van der Waals surface area (Å²) < 4.78 is 0. The number of fused-ring (bicyclic) bond motifs is 4. The third kappa shape index (κ3) is 1.66. The molecule has 24 heavy (non-hydrogen) atoms. The third-order valence-corrected chi connectivity index (χ3v) is 4.38. The summed E-state index contributed by atoms with van der Waals surface area (Å²) in [6.07, 6.45) is 1.74. The van der Waals surface area contributed by atoms with E-state index in [9.17, 15) is 5.21 Å². The Labute approximate surface area is 137 Å². The maximum atomic E-state index is 9.49. The highest BCUT2D eigenvalue weighted by Crippen LogP contribution is 2.42. The number of benzene rings is 2. The number of rotatable bonds is 1. The molecule has 0 amide bonds. The van der Waals surface area contributed by atoms with E-state index in [1.807, 2.05) is 54.6 Å². The Morgan fingerprint density at radius 2 is 1.62 bits per heavy atom. The summed E-state index contributed by atoms with van der Waals surface area (Å²) in [5.74, 6) is 0.759. The minimum absolute atomic E-state index is 0.594. The Hall–Kier alpha value is -3.47. The number of aromatic amines is 1. The molecule has 0 unspecified atom stereocenters. The van der Waals surface area contributed by atoms with Crippen molar-refractivity contribution in [3.63, 3.8) is 0 Å². The van der Waals surface area contributed by atoms with Crippen LogP contribution in [0, 0.1) is 0 Å². The number of oxime groups is 1. The number of nitrogens with zero attached hydrogens (tertiary/aromatic N) is 3. The van der Waals surface area contributed by atoms with E-state index >= 15 is 0 Å². The third-order valence-electron chi connectivity index (χ3n) is 4.38. The molecule has 0 saturated heterocycles. The second-order valence-corrected chi connectivity index (χ2v) is 5.68. The molecule has 0 aliphatic heterocycles. The predicted molar refractivity (Wildman–Crippen MR) is 92.2 cm³/mol. The molecule has 4 aromatic rings. The average molecular weight is 312 g/mol. The molecule has 2 N–H and O–H groups in total. The van der Waals surface area contributed by atoms with Crippen LogP contribution in [0.25, 0.3) is 33.7 Å². The normalized spacial score (nSPS) is 14.1. The summed E-state index contributed by atoms with van der Waals surface area (Å²) in [6.45, 7) is 0. The first-order valence-electron chi connectivity index (χ1n) is 7.63. The molecule has 0 atom stereocenters. The molecular formula is C19H12N4O. The molecule has 0 bridgehead atoms. The highest BCUT2D eigenvalue weighted by molar-refractivity contribution is 6.26. The van der Waals surface area contributed by atoms with Crippen molar-refractivity contribution >= 4 is 16.9 Å². The number of hydrogen-bond donors (Lipinski definition) is 2. The van der Waals surface area contributed by atoms with E-state index in [1.165, 1.54) is 0 Å². The SMILES string of the molecule is O/N=C1/c2ccccc2-c2c1cccc2-c1nc2cccnc2[nH]1. The number of H-pyrrole nitrogens is 1. The van der Waals surface area contributed by atoms with Gasteiger partial charge < -0.3 is 10.2 Å². The van der Waals surface area contributed by atoms with Crippen molar-refractivity contribution in [3.8, 4) is 22.5 Å². The van der Waals surface area contributed by atoms with Crippen molar-refractivity contribution in [1.29, 1.82) is 0 Å². The lowest BCUT2D eigenvalue weighted by molar-refractivity contribution is 0.320. The van der Waals surface area contributed by atoms with Gasteiger partial charge in [0, 0.05) is 28.5 Å². The lowest BCUT2D eigenvalue weighted by atomic mass is 9.99. The zero-order valence-corrected chi connectivity index (χ0v) is 12.6. The summed E-state index contributed by atoms with van der Waals surface area (Å²) in [4.78, 5) is 12.3. The molecule has 5 rings (SSSR count). The fourth-order valence-corrected chi connectivity index (χ4v) is 3.37. The van der Waals surface area contributed by atoms with Crippen molar-refractivity contribution < 1.29 is 5.21 Å². The van der Waals surface area contributed by atoms with Crippen LogP contribution in [-0.2, 0) is 0 Å². The van der Waals surface area contributed by atoms with Gasteiger partial charge in [-0.05, 0) is 17.7 Å². The van der Waals surface area contributed by atoms with Crippen LogP contribution in [0.3, 0.4) is 0 Å². The van der Waals surface area contributed by atoms with Gasteiger partial charge in [0.1, 0.15) is 17.1 Å².